The maximum absolute atomic E-state index is 11.2. The second-order valence-corrected chi connectivity index (χ2v) is 2.69. The molecule has 1 rings (SSSR count). The summed E-state index contributed by atoms with van der Waals surface area (Å²) in [5.41, 5.74) is 6.36. The van der Waals surface area contributed by atoms with Gasteiger partial charge in [0.15, 0.2) is 5.78 Å². The van der Waals surface area contributed by atoms with Crippen LogP contribution in [0.25, 0.3) is 0 Å². The van der Waals surface area contributed by atoms with Gasteiger partial charge in [0.2, 0.25) is 0 Å². The molecule has 3 heteroatoms. The number of ketones is 1. The molecule has 0 aliphatic rings. The van der Waals surface area contributed by atoms with Gasteiger partial charge in [0, 0.05) is 18.2 Å². The van der Waals surface area contributed by atoms with Gasteiger partial charge in [-0.25, -0.2) is 4.98 Å². The second kappa shape index (κ2) is 4.40. The van der Waals surface area contributed by atoms with Crippen molar-refractivity contribution in [1.29, 1.82) is 0 Å². The summed E-state index contributed by atoms with van der Waals surface area (Å²) in [7, 11) is 0. The maximum Gasteiger partial charge on any atom is 0.159 e. The summed E-state index contributed by atoms with van der Waals surface area (Å²) in [6, 6.07) is 3.58. The Kier molecular flexibility index (Phi) is 3.20. The molecule has 1 heterocycles. The predicted octanol–water partition coefficient (Wildman–Crippen LogP) is 1.35. The number of nitrogen functional groups attached to an aromatic ring is 1. The highest BCUT2D eigenvalue weighted by atomic mass is 16.1. The first-order valence-electron chi connectivity index (χ1n) is 4.09. The van der Waals surface area contributed by atoms with E-state index >= 15 is 0 Å². The smallest absolute Gasteiger partial charge is 0.159 e. The highest BCUT2D eigenvalue weighted by Crippen LogP contribution is 2.07. The van der Waals surface area contributed by atoms with E-state index in [0.717, 1.165) is 5.56 Å². The third-order valence-corrected chi connectivity index (χ3v) is 1.64. The Hall–Kier alpha value is -1.64. The van der Waals surface area contributed by atoms with E-state index in [1.54, 1.807) is 18.3 Å². The van der Waals surface area contributed by atoms with Crippen LogP contribution in [-0.4, -0.2) is 10.8 Å². The molecular weight excluding hydrogens is 164 g/mol. The maximum atomic E-state index is 11.2. The molecule has 0 amide bonds. The van der Waals surface area contributed by atoms with Crippen molar-refractivity contribution in [3.8, 4) is 0 Å². The topological polar surface area (TPSA) is 56.0 Å². The van der Waals surface area contributed by atoms with Crippen molar-refractivity contribution in [3.05, 3.63) is 36.0 Å². The SMILES string of the molecule is C/C=C/C(=O)Cc1cccnc1N. The van der Waals surface area contributed by atoms with Gasteiger partial charge in [0.25, 0.3) is 0 Å². The van der Waals surface area contributed by atoms with Gasteiger partial charge in [0.05, 0.1) is 0 Å². The monoisotopic (exact) mass is 176 g/mol. The number of hydrogen-bond acceptors (Lipinski definition) is 3. The normalized spacial score (nSPS) is 10.5. The molecule has 0 saturated heterocycles. The number of nitrogens with zero attached hydrogens (tertiary/aromatic N) is 1. The van der Waals surface area contributed by atoms with Gasteiger partial charge < -0.3 is 5.73 Å². The van der Waals surface area contributed by atoms with E-state index in [9.17, 15) is 4.79 Å². The lowest BCUT2D eigenvalue weighted by Crippen LogP contribution is -2.03. The van der Waals surface area contributed by atoms with Gasteiger partial charge in [0.1, 0.15) is 5.82 Å². The number of pyridine rings is 1. The number of hydrogen-bond donors (Lipinski definition) is 1. The van der Waals surface area contributed by atoms with Gasteiger partial charge in [-0.2, -0.15) is 0 Å². The molecule has 0 fully saturated rings. The van der Waals surface area contributed by atoms with E-state index in [4.69, 9.17) is 5.73 Å². The quantitative estimate of drug-likeness (QED) is 0.707. The van der Waals surface area contributed by atoms with Crippen LogP contribution in [0.1, 0.15) is 12.5 Å². The molecule has 68 valence electrons. The molecule has 0 saturated carbocycles. The van der Waals surface area contributed by atoms with Gasteiger partial charge in [-0.1, -0.05) is 12.1 Å². The van der Waals surface area contributed by atoms with E-state index in [1.165, 1.54) is 6.08 Å². The molecular formula is C10H12N2O. The van der Waals surface area contributed by atoms with Crippen LogP contribution < -0.4 is 5.73 Å². The largest absolute Gasteiger partial charge is 0.383 e. The molecule has 3 nitrogen and oxygen atoms in total. The average molecular weight is 176 g/mol. The minimum atomic E-state index is 0.0437. The molecule has 0 atom stereocenters. The molecule has 1 aromatic rings. The predicted molar refractivity (Wildman–Crippen MR) is 52.2 cm³/mol. The Morgan fingerprint density at radius 3 is 3.08 bits per heavy atom. The van der Waals surface area contributed by atoms with E-state index in [2.05, 4.69) is 4.98 Å². The van der Waals surface area contributed by atoms with Crippen molar-refractivity contribution in [3.63, 3.8) is 0 Å². The zero-order valence-electron chi connectivity index (χ0n) is 7.53. The first-order chi connectivity index (χ1) is 6.24. The molecule has 0 aliphatic carbocycles. The van der Waals surface area contributed by atoms with Crippen LogP contribution in [-0.2, 0) is 11.2 Å². The van der Waals surface area contributed by atoms with Crippen LogP contribution in [0.15, 0.2) is 30.5 Å². The van der Waals surface area contributed by atoms with Gasteiger partial charge in [-0.05, 0) is 19.1 Å². The molecule has 13 heavy (non-hydrogen) atoms. The van der Waals surface area contributed by atoms with E-state index in [1.807, 2.05) is 13.0 Å². The van der Waals surface area contributed by atoms with Crippen molar-refractivity contribution < 1.29 is 4.79 Å². The molecule has 0 aliphatic heterocycles. The van der Waals surface area contributed by atoms with E-state index in [0.29, 0.717) is 12.2 Å². The molecule has 1 aromatic heterocycles. The number of carbonyl (C=O) groups excluding carboxylic acids is 1. The number of allylic oxidation sites excluding steroid dienone is 2. The van der Waals surface area contributed by atoms with Crippen molar-refractivity contribution in [2.45, 2.75) is 13.3 Å². The highest BCUT2D eigenvalue weighted by Gasteiger charge is 2.02. The Morgan fingerprint density at radius 1 is 1.69 bits per heavy atom. The molecule has 0 spiro atoms. The number of aromatic nitrogens is 1. The molecule has 0 bridgehead atoms. The summed E-state index contributed by atoms with van der Waals surface area (Å²) in [6.07, 6.45) is 5.18. The number of nitrogens with two attached hydrogens (primary N) is 1. The Labute approximate surface area is 77.3 Å². The number of rotatable bonds is 3. The summed E-state index contributed by atoms with van der Waals surface area (Å²) in [6.45, 7) is 1.81. The summed E-state index contributed by atoms with van der Waals surface area (Å²) in [5.74, 6) is 0.475. The summed E-state index contributed by atoms with van der Waals surface area (Å²) >= 11 is 0. The highest BCUT2D eigenvalue weighted by molar-refractivity contribution is 5.91. The molecule has 0 radical (unpaired) electrons. The van der Waals surface area contributed by atoms with Crippen molar-refractivity contribution in [2.24, 2.45) is 0 Å². The first-order valence-corrected chi connectivity index (χ1v) is 4.09. The standard InChI is InChI=1S/C10H12N2O/c1-2-4-9(13)7-8-5-3-6-12-10(8)11/h2-6H,7H2,1H3,(H2,11,12)/b4-2+. The number of anilines is 1. The molecule has 2 N–H and O–H groups in total. The van der Waals surface area contributed by atoms with Crippen molar-refractivity contribution >= 4 is 11.6 Å². The molecule has 0 unspecified atom stereocenters. The first kappa shape index (κ1) is 9.45. The minimum Gasteiger partial charge on any atom is -0.383 e. The lowest BCUT2D eigenvalue weighted by molar-refractivity contribution is -0.114. The Morgan fingerprint density at radius 2 is 2.46 bits per heavy atom. The van der Waals surface area contributed by atoms with Crippen LogP contribution in [0, 0.1) is 0 Å². The van der Waals surface area contributed by atoms with Crippen LogP contribution in [0.3, 0.4) is 0 Å². The van der Waals surface area contributed by atoms with Crippen LogP contribution in [0.4, 0.5) is 5.82 Å². The summed E-state index contributed by atoms with van der Waals surface area (Å²) in [5, 5.41) is 0. The Balaban J connectivity index is 2.74. The van der Waals surface area contributed by atoms with E-state index < -0.39 is 0 Å². The van der Waals surface area contributed by atoms with Gasteiger partial charge in [-0.15, -0.1) is 0 Å². The lowest BCUT2D eigenvalue weighted by atomic mass is 10.1. The lowest BCUT2D eigenvalue weighted by Gasteiger charge is -2.00. The zero-order chi connectivity index (χ0) is 9.68. The van der Waals surface area contributed by atoms with Crippen LogP contribution in [0.2, 0.25) is 0 Å². The third kappa shape index (κ3) is 2.71. The average Bonchev–Trinajstić information content (AvgIpc) is 2.09. The van der Waals surface area contributed by atoms with Crippen LogP contribution >= 0.6 is 0 Å². The minimum absolute atomic E-state index is 0.0437. The fourth-order valence-corrected chi connectivity index (χ4v) is 1.03. The summed E-state index contributed by atoms with van der Waals surface area (Å²) in [4.78, 5) is 15.1. The fourth-order valence-electron chi connectivity index (χ4n) is 1.03. The Bertz CT molecular complexity index is 331. The number of carbonyl (C=O) groups is 1. The van der Waals surface area contributed by atoms with E-state index in [-0.39, 0.29) is 5.78 Å². The molecule has 0 aromatic carbocycles. The van der Waals surface area contributed by atoms with Gasteiger partial charge in [-0.3, -0.25) is 4.79 Å². The van der Waals surface area contributed by atoms with Crippen molar-refractivity contribution in [1.82, 2.24) is 4.98 Å². The summed E-state index contributed by atoms with van der Waals surface area (Å²) < 4.78 is 0. The third-order valence-electron chi connectivity index (χ3n) is 1.64. The van der Waals surface area contributed by atoms with Crippen molar-refractivity contribution in [2.75, 3.05) is 5.73 Å². The fraction of sp³-hybridized carbons (Fsp3) is 0.200. The van der Waals surface area contributed by atoms with Gasteiger partial charge >= 0.3 is 0 Å². The zero-order valence-corrected chi connectivity index (χ0v) is 7.53. The van der Waals surface area contributed by atoms with Crippen LogP contribution in [0.5, 0.6) is 0 Å². The second-order valence-electron chi connectivity index (χ2n) is 2.69.